The molecular formula is C6H12ClN. The van der Waals surface area contributed by atoms with Crippen LogP contribution >= 0.6 is 11.6 Å². The van der Waals surface area contributed by atoms with Crippen molar-refractivity contribution < 1.29 is 0 Å². The third-order valence-corrected chi connectivity index (χ3v) is 1.90. The second-order valence-electron chi connectivity index (χ2n) is 2.34. The highest BCUT2D eigenvalue weighted by atomic mass is 35.5. The van der Waals surface area contributed by atoms with E-state index in [1.54, 1.807) is 0 Å². The van der Waals surface area contributed by atoms with E-state index in [0.29, 0.717) is 0 Å². The molecule has 1 atom stereocenters. The Bertz CT molecular complexity index is 59.5. The van der Waals surface area contributed by atoms with Gasteiger partial charge in [-0.25, -0.2) is 0 Å². The van der Waals surface area contributed by atoms with Crippen LogP contribution in [-0.4, -0.2) is 19.0 Å². The molecule has 0 bridgehead atoms. The molecule has 0 aromatic heterocycles. The van der Waals surface area contributed by atoms with Crippen molar-refractivity contribution >= 4 is 11.6 Å². The molecule has 48 valence electrons. The lowest BCUT2D eigenvalue weighted by Crippen LogP contribution is -2.08. The van der Waals surface area contributed by atoms with E-state index < -0.39 is 0 Å². The normalized spacial score (nSPS) is 28.9. The fourth-order valence-electron chi connectivity index (χ4n) is 1.12. The van der Waals surface area contributed by atoms with Gasteiger partial charge in [-0.3, -0.25) is 0 Å². The molecule has 1 rings (SSSR count). The number of nitrogens with one attached hydrogen (secondary N) is 1. The minimum Gasteiger partial charge on any atom is -0.316 e. The first kappa shape index (κ1) is 6.37. The zero-order valence-corrected chi connectivity index (χ0v) is 5.75. The molecule has 1 unspecified atom stereocenters. The third-order valence-electron chi connectivity index (χ3n) is 1.68. The van der Waals surface area contributed by atoms with Crippen LogP contribution in [0.1, 0.15) is 12.8 Å². The van der Waals surface area contributed by atoms with E-state index in [4.69, 9.17) is 11.6 Å². The summed E-state index contributed by atoms with van der Waals surface area (Å²) in [6, 6.07) is 0. The van der Waals surface area contributed by atoms with E-state index in [1.807, 2.05) is 0 Å². The van der Waals surface area contributed by atoms with Crippen molar-refractivity contribution in [2.24, 2.45) is 5.92 Å². The van der Waals surface area contributed by atoms with Crippen LogP contribution in [0.15, 0.2) is 0 Å². The molecule has 0 radical (unpaired) electrons. The van der Waals surface area contributed by atoms with Crippen molar-refractivity contribution in [1.82, 2.24) is 5.32 Å². The van der Waals surface area contributed by atoms with Gasteiger partial charge in [-0.05, 0) is 31.8 Å². The predicted molar refractivity (Wildman–Crippen MR) is 36.3 cm³/mol. The molecule has 1 nitrogen and oxygen atoms in total. The molecule has 0 saturated carbocycles. The first-order chi connectivity index (χ1) is 3.93. The lowest BCUT2D eigenvalue weighted by atomic mass is 10.1. The van der Waals surface area contributed by atoms with Crippen LogP contribution in [0.5, 0.6) is 0 Å². The molecule has 0 aromatic carbocycles. The molecule has 0 aromatic rings. The first-order valence-corrected chi connectivity index (χ1v) is 3.73. The largest absolute Gasteiger partial charge is 0.316 e. The molecule has 0 spiro atoms. The highest BCUT2D eigenvalue weighted by molar-refractivity contribution is 6.17. The molecule has 1 fully saturated rings. The molecule has 0 aliphatic carbocycles. The molecule has 0 amide bonds. The minimum atomic E-state index is 0.826. The number of rotatable bonds is 2. The summed E-state index contributed by atoms with van der Waals surface area (Å²) in [7, 11) is 0. The second-order valence-corrected chi connectivity index (χ2v) is 2.71. The van der Waals surface area contributed by atoms with Gasteiger partial charge in [-0.1, -0.05) is 0 Å². The summed E-state index contributed by atoms with van der Waals surface area (Å²) in [4.78, 5) is 0. The quantitative estimate of drug-likeness (QED) is 0.559. The molecule has 2 heteroatoms. The van der Waals surface area contributed by atoms with E-state index in [-0.39, 0.29) is 0 Å². The van der Waals surface area contributed by atoms with Crippen molar-refractivity contribution in [2.75, 3.05) is 19.0 Å². The van der Waals surface area contributed by atoms with Crippen LogP contribution in [0.4, 0.5) is 0 Å². The lowest BCUT2D eigenvalue weighted by Gasteiger charge is -2.01. The Morgan fingerprint density at radius 2 is 2.50 bits per heavy atom. The van der Waals surface area contributed by atoms with Crippen LogP contribution in [0.25, 0.3) is 0 Å². The molecule has 8 heavy (non-hydrogen) atoms. The minimum absolute atomic E-state index is 0.826. The Kier molecular flexibility index (Phi) is 2.64. The van der Waals surface area contributed by atoms with Crippen LogP contribution in [0.2, 0.25) is 0 Å². The Morgan fingerprint density at radius 3 is 3.00 bits per heavy atom. The molecule has 1 aliphatic rings. The van der Waals surface area contributed by atoms with Crippen molar-refractivity contribution in [3.63, 3.8) is 0 Å². The number of halogens is 1. The monoisotopic (exact) mass is 133 g/mol. The lowest BCUT2D eigenvalue weighted by molar-refractivity contribution is 0.566. The summed E-state index contributed by atoms with van der Waals surface area (Å²) in [6.07, 6.45) is 2.52. The van der Waals surface area contributed by atoms with Crippen molar-refractivity contribution in [3.8, 4) is 0 Å². The van der Waals surface area contributed by atoms with E-state index in [0.717, 1.165) is 11.8 Å². The van der Waals surface area contributed by atoms with Gasteiger partial charge in [0.1, 0.15) is 0 Å². The maximum atomic E-state index is 5.55. The van der Waals surface area contributed by atoms with Gasteiger partial charge in [-0.2, -0.15) is 0 Å². The van der Waals surface area contributed by atoms with Crippen LogP contribution < -0.4 is 5.32 Å². The first-order valence-electron chi connectivity index (χ1n) is 3.20. The maximum Gasteiger partial charge on any atom is 0.0226 e. The summed E-state index contributed by atoms with van der Waals surface area (Å²) in [5, 5.41) is 3.30. The highest BCUT2D eigenvalue weighted by Crippen LogP contribution is 2.11. The molecule has 1 aliphatic heterocycles. The van der Waals surface area contributed by atoms with Gasteiger partial charge < -0.3 is 5.32 Å². The average Bonchev–Trinajstić information content (AvgIpc) is 2.19. The zero-order valence-electron chi connectivity index (χ0n) is 4.99. The zero-order chi connectivity index (χ0) is 5.82. The summed E-state index contributed by atoms with van der Waals surface area (Å²) in [5.41, 5.74) is 0. The Labute approximate surface area is 55.4 Å². The van der Waals surface area contributed by atoms with E-state index >= 15 is 0 Å². The molecular weight excluding hydrogens is 122 g/mol. The van der Waals surface area contributed by atoms with Gasteiger partial charge in [0.05, 0.1) is 0 Å². The fourth-order valence-corrected chi connectivity index (χ4v) is 1.42. The summed E-state index contributed by atoms with van der Waals surface area (Å²) in [5.74, 6) is 1.69. The van der Waals surface area contributed by atoms with Crippen molar-refractivity contribution in [2.45, 2.75) is 12.8 Å². The number of alkyl halides is 1. The highest BCUT2D eigenvalue weighted by Gasteiger charge is 2.12. The van der Waals surface area contributed by atoms with E-state index in [2.05, 4.69) is 5.32 Å². The Balaban J connectivity index is 2.06. The average molecular weight is 134 g/mol. The summed E-state index contributed by atoms with van der Waals surface area (Å²) >= 11 is 5.55. The third kappa shape index (κ3) is 1.64. The maximum absolute atomic E-state index is 5.55. The van der Waals surface area contributed by atoms with Crippen LogP contribution in [0.3, 0.4) is 0 Å². The molecule has 1 saturated heterocycles. The summed E-state index contributed by atoms with van der Waals surface area (Å²) < 4.78 is 0. The summed E-state index contributed by atoms with van der Waals surface area (Å²) in [6.45, 7) is 2.38. The number of hydrogen-bond donors (Lipinski definition) is 1. The van der Waals surface area contributed by atoms with Crippen molar-refractivity contribution in [1.29, 1.82) is 0 Å². The van der Waals surface area contributed by atoms with E-state index in [1.165, 1.54) is 25.9 Å². The van der Waals surface area contributed by atoms with Gasteiger partial charge in [0, 0.05) is 5.88 Å². The standard InChI is InChI=1S/C6H12ClN/c7-3-1-6-2-4-8-5-6/h6,8H,1-5H2. The molecule has 1 heterocycles. The number of hydrogen-bond acceptors (Lipinski definition) is 1. The van der Waals surface area contributed by atoms with Gasteiger partial charge in [-0.15, -0.1) is 11.6 Å². The second kappa shape index (κ2) is 3.31. The SMILES string of the molecule is ClCCC1CCNC1. The Hall–Kier alpha value is 0.250. The molecule has 1 N–H and O–H groups in total. The van der Waals surface area contributed by atoms with Crippen LogP contribution in [0, 0.1) is 5.92 Å². The van der Waals surface area contributed by atoms with Gasteiger partial charge in [0.25, 0.3) is 0 Å². The topological polar surface area (TPSA) is 12.0 Å². The van der Waals surface area contributed by atoms with Gasteiger partial charge in [0.15, 0.2) is 0 Å². The van der Waals surface area contributed by atoms with Crippen molar-refractivity contribution in [3.05, 3.63) is 0 Å². The fraction of sp³-hybridized carbons (Fsp3) is 1.00. The van der Waals surface area contributed by atoms with E-state index in [9.17, 15) is 0 Å². The van der Waals surface area contributed by atoms with Gasteiger partial charge >= 0.3 is 0 Å². The van der Waals surface area contributed by atoms with Gasteiger partial charge in [0.2, 0.25) is 0 Å². The Morgan fingerprint density at radius 1 is 1.62 bits per heavy atom. The van der Waals surface area contributed by atoms with Crippen LogP contribution in [-0.2, 0) is 0 Å². The smallest absolute Gasteiger partial charge is 0.0226 e. The predicted octanol–water partition coefficient (Wildman–Crippen LogP) is 1.22.